The highest BCUT2D eigenvalue weighted by Gasteiger charge is 2.17. The third kappa shape index (κ3) is 3.84. The maximum Gasteiger partial charge on any atom is 0.337 e. The lowest BCUT2D eigenvalue weighted by molar-refractivity contribution is -0.115. The van der Waals surface area contributed by atoms with Gasteiger partial charge in [-0.3, -0.25) is 4.79 Å². The summed E-state index contributed by atoms with van der Waals surface area (Å²) in [6.07, 6.45) is 2.03. The topological polar surface area (TPSA) is 98.5 Å². The Hall–Kier alpha value is -2.94. The van der Waals surface area contributed by atoms with Crippen LogP contribution >= 0.6 is 11.8 Å². The van der Waals surface area contributed by atoms with Gasteiger partial charge in [0.25, 0.3) is 5.78 Å². The molecule has 0 fully saturated rings. The Morgan fingerprint density at radius 3 is 2.64 bits per heavy atom. The molecule has 3 rings (SSSR count). The van der Waals surface area contributed by atoms with Crippen LogP contribution in [0.1, 0.15) is 32.9 Å². The van der Waals surface area contributed by atoms with Gasteiger partial charge in [-0.2, -0.15) is 4.98 Å². The number of aromatic nitrogens is 4. The highest BCUT2D eigenvalue weighted by Crippen LogP contribution is 2.20. The van der Waals surface area contributed by atoms with Crippen molar-refractivity contribution in [2.75, 3.05) is 18.7 Å². The number of amides is 1. The first-order valence-corrected chi connectivity index (χ1v) is 9.82. The van der Waals surface area contributed by atoms with Gasteiger partial charge >= 0.3 is 5.97 Å². The lowest BCUT2D eigenvalue weighted by atomic mass is 10.1. The van der Waals surface area contributed by atoms with Crippen LogP contribution in [-0.2, 0) is 16.0 Å². The molecule has 146 valence electrons. The fourth-order valence-corrected chi connectivity index (χ4v) is 3.23. The SMILES string of the molecule is COC(=O)c1ccc(C)c(NC(=O)Cc2c(C)nc3nc(SC)nn3c2C)c1. The van der Waals surface area contributed by atoms with Crippen molar-refractivity contribution in [2.24, 2.45) is 0 Å². The second-order valence-corrected chi connectivity index (χ2v) is 7.09. The van der Waals surface area contributed by atoms with Crippen molar-refractivity contribution >= 4 is 35.1 Å². The smallest absolute Gasteiger partial charge is 0.337 e. The van der Waals surface area contributed by atoms with Crippen molar-refractivity contribution in [1.82, 2.24) is 19.6 Å². The van der Waals surface area contributed by atoms with Crippen LogP contribution in [0.5, 0.6) is 0 Å². The van der Waals surface area contributed by atoms with E-state index >= 15 is 0 Å². The van der Waals surface area contributed by atoms with Crippen LogP contribution in [0.25, 0.3) is 5.78 Å². The summed E-state index contributed by atoms with van der Waals surface area (Å²) in [6, 6.07) is 5.05. The quantitative estimate of drug-likeness (QED) is 0.520. The Morgan fingerprint density at radius 2 is 1.96 bits per heavy atom. The average Bonchev–Trinajstić information content (AvgIpc) is 3.09. The number of nitrogens with one attached hydrogen (secondary N) is 1. The number of carbonyl (C=O) groups is 2. The Morgan fingerprint density at radius 1 is 1.21 bits per heavy atom. The Balaban J connectivity index is 1.87. The standard InChI is InChI=1S/C19H21N5O3S/c1-10-6-7-13(17(26)27-4)8-15(10)21-16(25)9-14-11(2)20-18-22-19(28-5)23-24(18)12(14)3/h6-8H,9H2,1-5H3,(H,21,25). The van der Waals surface area contributed by atoms with Gasteiger partial charge in [-0.05, 0) is 44.7 Å². The molecule has 2 heterocycles. The molecule has 2 aromatic heterocycles. The largest absolute Gasteiger partial charge is 0.465 e. The molecule has 0 spiro atoms. The number of hydrogen-bond acceptors (Lipinski definition) is 7. The highest BCUT2D eigenvalue weighted by atomic mass is 32.2. The van der Waals surface area contributed by atoms with Gasteiger partial charge in [-0.15, -0.1) is 5.10 Å². The van der Waals surface area contributed by atoms with Crippen LogP contribution in [0.15, 0.2) is 23.4 Å². The minimum absolute atomic E-state index is 0.136. The van der Waals surface area contributed by atoms with Crippen molar-refractivity contribution in [2.45, 2.75) is 32.3 Å². The number of rotatable bonds is 5. The van der Waals surface area contributed by atoms with Crippen molar-refractivity contribution in [1.29, 1.82) is 0 Å². The second-order valence-electron chi connectivity index (χ2n) is 6.32. The van der Waals surface area contributed by atoms with E-state index < -0.39 is 5.97 Å². The number of thioether (sulfide) groups is 1. The molecule has 28 heavy (non-hydrogen) atoms. The second kappa shape index (κ2) is 7.97. The molecule has 0 bridgehead atoms. The third-order valence-electron chi connectivity index (χ3n) is 4.48. The molecule has 8 nitrogen and oxygen atoms in total. The maximum absolute atomic E-state index is 12.7. The summed E-state index contributed by atoms with van der Waals surface area (Å²) in [5.74, 6) is -0.138. The first-order valence-electron chi connectivity index (χ1n) is 8.59. The normalized spacial score (nSPS) is 10.9. The number of carbonyl (C=O) groups excluding carboxylic acids is 2. The fourth-order valence-electron chi connectivity index (χ4n) is 2.89. The van der Waals surface area contributed by atoms with Crippen molar-refractivity contribution in [3.8, 4) is 0 Å². The maximum atomic E-state index is 12.7. The van der Waals surface area contributed by atoms with Crippen LogP contribution < -0.4 is 5.32 Å². The van der Waals surface area contributed by atoms with Gasteiger partial charge in [0.2, 0.25) is 11.1 Å². The number of benzene rings is 1. The predicted molar refractivity (Wildman–Crippen MR) is 107 cm³/mol. The number of aryl methyl sites for hydroxylation is 3. The van der Waals surface area contributed by atoms with E-state index in [1.807, 2.05) is 27.0 Å². The summed E-state index contributed by atoms with van der Waals surface area (Å²) in [7, 11) is 1.32. The van der Waals surface area contributed by atoms with Crippen molar-refractivity contribution in [3.63, 3.8) is 0 Å². The van der Waals surface area contributed by atoms with E-state index in [2.05, 4.69) is 20.4 Å². The van der Waals surface area contributed by atoms with Gasteiger partial charge in [0.1, 0.15) is 0 Å². The average molecular weight is 399 g/mol. The summed E-state index contributed by atoms with van der Waals surface area (Å²) in [5, 5.41) is 7.91. The Bertz CT molecular complexity index is 1080. The van der Waals surface area contributed by atoms with E-state index in [0.717, 1.165) is 22.5 Å². The van der Waals surface area contributed by atoms with Crippen LogP contribution in [0.3, 0.4) is 0 Å². The molecule has 1 amide bonds. The summed E-state index contributed by atoms with van der Waals surface area (Å²) < 4.78 is 6.40. The molecular formula is C19H21N5O3S. The molecule has 0 aliphatic carbocycles. The highest BCUT2D eigenvalue weighted by molar-refractivity contribution is 7.98. The lowest BCUT2D eigenvalue weighted by Gasteiger charge is -2.12. The number of ether oxygens (including phenoxy) is 1. The Kier molecular flexibility index (Phi) is 5.64. The number of anilines is 1. The van der Waals surface area contributed by atoms with Crippen LogP contribution in [0, 0.1) is 20.8 Å². The van der Waals surface area contributed by atoms with E-state index in [1.54, 1.807) is 22.7 Å². The van der Waals surface area contributed by atoms with E-state index in [-0.39, 0.29) is 12.3 Å². The van der Waals surface area contributed by atoms with E-state index in [4.69, 9.17) is 4.74 Å². The molecule has 9 heteroatoms. The summed E-state index contributed by atoms with van der Waals surface area (Å²) in [5.41, 5.74) is 4.16. The zero-order chi connectivity index (χ0) is 20.4. The fraction of sp³-hybridized carbons (Fsp3) is 0.316. The summed E-state index contributed by atoms with van der Waals surface area (Å²) in [4.78, 5) is 33.2. The van der Waals surface area contributed by atoms with Crippen molar-refractivity contribution in [3.05, 3.63) is 46.3 Å². The van der Waals surface area contributed by atoms with Crippen LogP contribution in [0.2, 0.25) is 0 Å². The first-order chi connectivity index (χ1) is 13.3. The predicted octanol–water partition coefficient (Wildman–Crippen LogP) is 2.74. The number of nitrogens with zero attached hydrogens (tertiary/aromatic N) is 4. The summed E-state index contributed by atoms with van der Waals surface area (Å²) >= 11 is 1.44. The van der Waals surface area contributed by atoms with Gasteiger partial charge in [0.15, 0.2) is 0 Å². The first kappa shape index (κ1) is 19.8. The lowest BCUT2D eigenvalue weighted by Crippen LogP contribution is -2.18. The van der Waals surface area contributed by atoms with Gasteiger partial charge in [-0.1, -0.05) is 17.8 Å². The van der Waals surface area contributed by atoms with E-state index in [9.17, 15) is 9.59 Å². The zero-order valence-corrected chi connectivity index (χ0v) is 17.2. The van der Waals surface area contributed by atoms with Gasteiger partial charge in [0.05, 0.1) is 19.1 Å². The van der Waals surface area contributed by atoms with Gasteiger partial charge < -0.3 is 10.1 Å². The number of esters is 1. The molecule has 0 radical (unpaired) electrons. The molecule has 1 aromatic carbocycles. The van der Waals surface area contributed by atoms with E-state index in [0.29, 0.717) is 22.2 Å². The Labute approximate surface area is 166 Å². The molecule has 0 unspecified atom stereocenters. The third-order valence-corrected chi connectivity index (χ3v) is 5.02. The number of fused-ring (bicyclic) bond motifs is 1. The number of methoxy groups -OCH3 is 1. The van der Waals surface area contributed by atoms with Crippen LogP contribution in [0.4, 0.5) is 5.69 Å². The van der Waals surface area contributed by atoms with Crippen LogP contribution in [-0.4, -0.2) is 44.8 Å². The number of hydrogen-bond donors (Lipinski definition) is 1. The molecule has 1 N–H and O–H groups in total. The zero-order valence-electron chi connectivity index (χ0n) is 16.4. The molecule has 0 aliphatic heterocycles. The minimum Gasteiger partial charge on any atom is -0.465 e. The van der Waals surface area contributed by atoms with E-state index in [1.165, 1.54) is 18.9 Å². The monoisotopic (exact) mass is 399 g/mol. The minimum atomic E-state index is -0.451. The van der Waals surface area contributed by atoms with Crippen molar-refractivity contribution < 1.29 is 14.3 Å². The molecule has 0 atom stereocenters. The summed E-state index contributed by atoms with van der Waals surface area (Å²) in [6.45, 7) is 5.61. The molecule has 0 aliphatic rings. The van der Waals surface area contributed by atoms with Gasteiger partial charge in [0, 0.05) is 22.6 Å². The van der Waals surface area contributed by atoms with Gasteiger partial charge in [-0.25, -0.2) is 14.3 Å². The molecule has 3 aromatic rings. The molecule has 0 saturated heterocycles. The molecule has 0 saturated carbocycles. The molecular weight excluding hydrogens is 378 g/mol.